The highest BCUT2D eigenvalue weighted by molar-refractivity contribution is 5.67. The highest BCUT2D eigenvalue weighted by Crippen LogP contribution is 2.69. The number of hydrogen-bond donors (Lipinski definition) is 3. The standard InChI is InChI=1S/C31H53NO5/c1-5-22-26-16-21(34)8-12-31(26,4)25-9-13-30(3)23(6-7-24(30)27(25)28(22)35)19(2)11-15-37-29(36)32-14-10-20(17-32)18-33/h19-28,33-35H,5-18H2,1-4H3/t19-,20-,21-,22-,23-,24?,25?,26+,27+,28-,30-,31-/m1/s1. The molecule has 1 aliphatic heterocycles. The molecule has 5 fully saturated rings. The fourth-order valence-electron chi connectivity index (χ4n) is 10.7. The smallest absolute Gasteiger partial charge is 0.409 e. The minimum absolute atomic E-state index is 0.138. The van der Waals surface area contributed by atoms with Crippen molar-refractivity contribution in [2.45, 2.75) is 104 Å². The summed E-state index contributed by atoms with van der Waals surface area (Å²) in [6.07, 6.45) is 9.83. The molecule has 0 spiro atoms. The van der Waals surface area contributed by atoms with Gasteiger partial charge in [0.1, 0.15) is 0 Å². The summed E-state index contributed by atoms with van der Waals surface area (Å²) >= 11 is 0. The number of nitrogens with zero attached hydrogens (tertiary/aromatic N) is 1. The summed E-state index contributed by atoms with van der Waals surface area (Å²) in [4.78, 5) is 14.2. The fraction of sp³-hybridized carbons (Fsp3) is 0.968. The van der Waals surface area contributed by atoms with Crippen LogP contribution in [-0.2, 0) is 4.74 Å². The van der Waals surface area contributed by atoms with Crippen LogP contribution in [0.15, 0.2) is 0 Å². The van der Waals surface area contributed by atoms with Crippen molar-refractivity contribution in [2.75, 3.05) is 26.3 Å². The molecule has 4 saturated carbocycles. The van der Waals surface area contributed by atoms with Gasteiger partial charge in [-0.15, -0.1) is 0 Å². The van der Waals surface area contributed by atoms with Crippen LogP contribution in [0.4, 0.5) is 4.79 Å². The molecule has 6 nitrogen and oxygen atoms in total. The van der Waals surface area contributed by atoms with E-state index in [1.165, 1.54) is 25.7 Å². The van der Waals surface area contributed by atoms with E-state index in [-0.39, 0.29) is 41.7 Å². The predicted molar refractivity (Wildman–Crippen MR) is 144 cm³/mol. The van der Waals surface area contributed by atoms with Crippen LogP contribution in [0.3, 0.4) is 0 Å². The summed E-state index contributed by atoms with van der Waals surface area (Å²) in [5.74, 6) is 3.54. The number of fused-ring (bicyclic) bond motifs is 5. The zero-order valence-corrected chi connectivity index (χ0v) is 23.8. The summed E-state index contributed by atoms with van der Waals surface area (Å²) in [5.41, 5.74) is 0.484. The maximum Gasteiger partial charge on any atom is 0.409 e. The molecule has 0 radical (unpaired) electrons. The lowest BCUT2D eigenvalue weighted by molar-refractivity contribution is -0.203. The van der Waals surface area contributed by atoms with Gasteiger partial charge in [0.05, 0.1) is 18.8 Å². The zero-order valence-electron chi connectivity index (χ0n) is 23.8. The minimum atomic E-state index is -0.249. The van der Waals surface area contributed by atoms with E-state index in [9.17, 15) is 20.1 Å². The number of amides is 1. The monoisotopic (exact) mass is 519 g/mol. The lowest BCUT2D eigenvalue weighted by Crippen LogP contribution is -2.62. The molecule has 0 aromatic rings. The van der Waals surface area contributed by atoms with Gasteiger partial charge in [0.2, 0.25) is 0 Å². The molecule has 1 amide bonds. The highest BCUT2D eigenvalue weighted by Gasteiger charge is 2.64. The fourth-order valence-corrected chi connectivity index (χ4v) is 10.7. The van der Waals surface area contributed by atoms with Crippen molar-refractivity contribution in [2.24, 2.45) is 58.2 Å². The molecule has 5 aliphatic rings. The third-order valence-electron chi connectivity index (χ3n) is 12.8. The minimum Gasteiger partial charge on any atom is -0.449 e. The van der Waals surface area contributed by atoms with Crippen molar-refractivity contribution in [3.8, 4) is 0 Å². The first-order valence-corrected chi connectivity index (χ1v) is 15.5. The Morgan fingerprint density at radius 1 is 1.03 bits per heavy atom. The van der Waals surface area contributed by atoms with Crippen LogP contribution in [0.2, 0.25) is 0 Å². The number of likely N-dealkylation sites (tertiary alicyclic amines) is 1. The molecule has 12 atom stereocenters. The molecule has 1 heterocycles. The van der Waals surface area contributed by atoms with Gasteiger partial charge in [-0.25, -0.2) is 4.79 Å². The quantitative estimate of drug-likeness (QED) is 0.455. The highest BCUT2D eigenvalue weighted by atomic mass is 16.6. The van der Waals surface area contributed by atoms with E-state index in [1.54, 1.807) is 4.90 Å². The van der Waals surface area contributed by atoms with E-state index < -0.39 is 0 Å². The molecule has 6 heteroatoms. The summed E-state index contributed by atoms with van der Waals surface area (Å²) in [7, 11) is 0. The van der Waals surface area contributed by atoms with Crippen LogP contribution in [0.5, 0.6) is 0 Å². The Kier molecular flexibility index (Phi) is 7.95. The Labute approximate surface area is 224 Å². The van der Waals surface area contributed by atoms with Gasteiger partial charge in [-0.2, -0.15) is 0 Å². The molecule has 37 heavy (non-hydrogen) atoms. The molecule has 3 N–H and O–H groups in total. The Hall–Kier alpha value is -0.850. The van der Waals surface area contributed by atoms with Gasteiger partial charge in [-0.1, -0.05) is 34.1 Å². The first-order valence-electron chi connectivity index (χ1n) is 15.5. The summed E-state index contributed by atoms with van der Waals surface area (Å²) in [6, 6.07) is 0. The van der Waals surface area contributed by atoms with Crippen LogP contribution < -0.4 is 0 Å². The first kappa shape index (κ1) is 27.7. The van der Waals surface area contributed by atoms with Crippen molar-refractivity contribution < 1.29 is 24.9 Å². The van der Waals surface area contributed by atoms with Gasteiger partial charge in [-0.3, -0.25) is 0 Å². The number of carbonyl (C=O) groups excluding carboxylic acids is 1. The molecule has 0 aromatic heterocycles. The summed E-state index contributed by atoms with van der Waals surface area (Å²) < 4.78 is 5.68. The van der Waals surface area contributed by atoms with E-state index in [0.29, 0.717) is 61.1 Å². The Morgan fingerprint density at radius 2 is 1.76 bits per heavy atom. The average Bonchev–Trinajstić information content (AvgIpc) is 3.50. The lowest BCUT2D eigenvalue weighted by Gasteiger charge is -2.64. The molecule has 2 unspecified atom stereocenters. The van der Waals surface area contributed by atoms with Crippen molar-refractivity contribution in [1.29, 1.82) is 0 Å². The molecule has 212 valence electrons. The van der Waals surface area contributed by atoms with Crippen LogP contribution >= 0.6 is 0 Å². The van der Waals surface area contributed by atoms with E-state index in [1.807, 2.05) is 0 Å². The number of hydrogen-bond acceptors (Lipinski definition) is 5. The van der Waals surface area contributed by atoms with Gasteiger partial charge >= 0.3 is 6.09 Å². The van der Waals surface area contributed by atoms with E-state index in [2.05, 4.69) is 27.7 Å². The first-order chi connectivity index (χ1) is 17.6. The van der Waals surface area contributed by atoms with Crippen molar-refractivity contribution in [3.05, 3.63) is 0 Å². The third-order valence-corrected chi connectivity index (χ3v) is 12.8. The summed E-state index contributed by atoms with van der Waals surface area (Å²) in [6.45, 7) is 11.5. The van der Waals surface area contributed by atoms with Gasteiger partial charge in [-0.05, 0) is 110 Å². The third kappa shape index (κ3) is 4.65. The number of aliphatic hydroxyl groups excluding tert-OH is 3. The second-order valence-corrected chi connectivity index (χ2v) is 14.3. The van der Waals surface area contributed by atoms with Gasteiger partial charge in [0.15, 0.2) is 0 Å². The van der Waals surface area contributed by atoms with E-state index in [0.717, 1.165) is 38.5 Å². The maximum atomic E-state index is 12.5. The van der Waals surface area contributed by atoms with Crippen LogP contribution in [0, 0.1) is 58.2 Å². The second kappa shape index (κ2) is 10.6. The Bertz CT molecular complexity index is 821. The normalized spacial score (nSPS) is 48.2. The van der Waals surface area contributed by atoms with Crippen molar-refractivity contribution >= 4 is 6.09 Å². The Morgan fingerprint density at radius 3 is 2.46 bits per heavy atom. The van der Waals surface area contributed by atoms with Gasteiger partial charge in [0, 0.05) is 25.6 Å². The van der Waals surface area contributed by atoms with Gasteiger partial charge < -0.3 is 25.0 Å². The van der Waals surface area contributed by atoms with Crippen LogP contribution in [0.1, 0.15) is 91.9 Å². The van der Waals surface area contributed by atoms with E-state index >= 15 is 0 Å². The largest absolute Gasteiger partial charge is 0.449 e. The average molecular weight is 520 g/mol. The molecule has 0 aromatic carbocycles. The van der Waals surface area contributed by atoms with Crippen molar-refractivity contribution in [3.63, 3.8) is 0 Å². The molecule has 0 bridgehead atoms. The second-order valence-electron chi connectivity index (χ2n) is 14.3. The van der Waals surface area contributed by atoms with Crippen LogP contribution in [0.25, 0.3) is 0 Å². The predicted octanol–water partition coefficient (Wildman–Crippen LogP) is 5.09. The topological polar surface area (TPSA) is 90.2 Å². The van der Waals surface area contributed by atoms with Gasteiger partial charge in [0.25, 0.3) is 0 Å². The molecule has 1 saturated heterocycles. The molecular weight excluding hydrogens is 466 g/mol. The number of aliphatic hydroxyl groups is 3. The van der Waals surface area contributed by atoms with E-state index in [4.69, 9.17) is 4.74 Å². The zero-order chi connectivity index (χ0) is 26.5. The SMILES string of the molecule is CC[C@H]1[C@@H](O)[C@H]2C3CC[C@H]([C@H](C)CCOC(=O)N4CC[C@@H](CO)C4)[C@@]3(C)CCC2[C@@]2(C)CC[C@@H](O)C[C@@H]12. The molecule has 4 aliphatic carbocycles. The number of rotatable bonds is 6. The maximum absolute atomic E-state index is 12.5. The Balaban J connectivity index is 1.24. The number of ether oxygens (including phenoxy) is 1. The van der Waals surface area contributed by atoms with Crippen LogP contribution in [-0.4, -0.2) is 64.8 Å². The molecular formula is C31H53NO5. The molecule has 5 rings (SSSR count). The lowest BCUT2D eigenvalue weighted by atomic mass is 9.41. The summed E-state index contributed by atoms with van der Waals surface area (Å²) in [5, 5.41) is 31.7. The van der Waals surface area contributed by atoms with Crippen molar-refractivity contribution in [1.82, 2.24) is 4.90 Å². The number of carbonyl (C=O) groups is 1.